The fourth-order valence-corrected chi connectivity index (χ4v) is 3.92. The second kappa shape index (κ2) is 8.70. The third-order valence-corrected chi connectivity index (χ3v) is 5.21. The minimum atomic E-state index is -0.168. The molecule has 0 atom stereocenters. The zero-order valence-electron chi connectivity index (χ0n) is 15.3. The number of ether oxygens (including phenoxy) is 1. The predicted octanol–water partition coefficient (Wildman–Crippen LogP) is 5.34. The van der Waals surface area contributed by atoms with Crippen LogP contribution in [0.3, 0.4) is 0 Å². The number of rotatable bonds is 6. The molecule has 3 rings (SSSR count). The smallest absolute Gasteiger partial charge is 0.305 e. The Morgan fingerprint density at radius 1 is 0.962 bits per heavy atom. The van der Waals surface area contributed by atoms with E-state index in [2.05, 4.69) is 12.1 Å². The van der Waals surface area contributed by atoms with Gasteiger partial charge < -0.3 is 9.84 Å². The molecule has 0 amide bonds. The molecule has 0 saturated heterocycles. The van der Waals surface area contributed by atoms with Gasteiger partial charge in [0.25, 0.3) is 0 Å². The van der Waals surface area contributed by atoms with E-state index in [1.807, 2.05) is 30.3 Å². The van der Waals surface area contributed by atoms with Crippen LogP contribution in [0.5, 0.6) is 5.75 Å². The molecule has 0 heterocycles. The Hall–Kier alpha value is -2.55. The molecule has 3 heteroatoms. The molecule has 0 radical (unpaired) electrons. The van der Waals surface area contributed by atoms with Gasteiger partial charge in [-0.05, 0) is 54.0 Å². The molecule has 1 fully saturated rings. The first-order valence-electron chi connectivity index (χ1n) is 9.33. The normalized spacial score (nSPS) is 15.6. The standard InChI is InChI=1S/C23H26O3/c1-26-22(25)16-15-21(17-7-5-6-8-17)23(18-9-3-2-4-10-18)19-11-13-20(24)14-12-19/h2-4,9-14,17,24H,5-8,15-16H2,1H3/b23-21-. The number of phenolic OH excluding ortho intramolecular Hbond substituents is 1. The zero-order chi connectivity index (χ0) is 18.4. The number of carbonyl (C=O) groups excluding carboxylic acids is 1. The lowest BCUT2D eigenvalue weighted by atomic mass is 9.83. The van der Waals surface area contributed by atoms with Crippen LogP contribution in [0.4, 0.5) is 0 Å². The molecule has 0 unspecified atom stereocenters. The Balaban J connectivity index is 2.11. The zero-order valence-corrected chi connectivity index (χ0v) is 15.3. The molecule has 3 nitrogen and oxygen atoms in total. The van der Waals surface area contributed by atoms with Gasteiger partial charge in [-0.3, -0.25) is 4.79 Å². The molecule has 1 aliphatic carbocycles. The molecule has 26 heavy (non-hydrogen) atoms. The van der Waals surface area contributed by atoms with Gasteiger partial charge in [0.15, 0.2) is 0 Å². The molecule has 1 aliphatic rings. The van der Waals surface area contributed by atoms with Gasteiger partial charge in [0, 0.05) is 6.42 Å². The number of allylic oxidation sites excluding steroid dienone is 1. The lowest BCUT2D eigenvalue weighted by Crippen LogP contribution is -2.08. The van der Waals surface area contributed by atoms with Gasteiger partial charge in [0.05, 0.1) is 7.11 Å². The maximum absolute atomic E-state index is 11.8. The van der Waals surface area contributed by atoms with Crippen molar-refractivity contribution in [2.75, 3.05) is 7.11 Å². The Kier molecular flexibility index (Phi) is 6.11. The average Bonchev–Trinajstić information content (AvgIpc) is 3.21. The Bertz CT molecular complexity index is 754. The van der Waals surface area contributed by atoms with E-state index >= 15 is 0 Å². The van der Waals surface area contributed by atoms with E-state index in [1.54, 1.807) is 12.1 Å². The number of benzene rings is 2. The summed E-state index contributed by atoms with van der Waals surface area (Å²) in [6.45, 7) is 0. The van der Waals surface area contributed by atoms with Crippen molar-refractivity contribution in [3.05, 3.63) is 71.3 Å². The lowest BCUT2D eigenvalue weighted by Gasteiger charge is -2.21. The molecule has 136 valence electrons. The number of methoxy groups -OCH3 is 1. The van der Waals surface area contributed by atoms with Gasteiger partial charge in [-0.1, -0.05) is 60.9 Å². The Morgan fingerprint density at radius 3 is 2.19 bits per heavy atom. The highest BCUT2D eigenvalue weighted by atomic mass is 16.5. The molecule has 0 aromatic heterocycles. The van der Waals surface area contributed by atoms with E-state index < -0.39 is 0 Å². The SMILES string of the molecule is COC(=O)CC/C(=C(\c1ccccc1)c1ccc(O)cc1)C1CCCC1. The Morgan fingerprint density at radius 2 is 1.58 bits per heavy atom. The topological polar surface area (TPSA) is 46.5 Å². The summed E-state index contributed by atoms with van der Waals surface area (Å²) in [5, 5.41) is 9.69. The van der Waals surface area contributed by atoms with Crippen molar-refractivity contribution in [2.24, 2.45) is 5.92 Å². The van der Waals surface area contributed by atoms with Crippen LogP contribution < -0.4 is 0 Å². The first-order chi connectivity index (χ1) is 12.7. The first-order valence-corrected chi connectivity index (χ1v) is 9.33. The molecular weight excluding hydrogens is 324 g/mol. The van der Waals surface area contributed by atoms with Crippen molar-refractivity contribution >= 4 is 11.5 Å². The van der Waals surface area contributed by atoms with Crippen LogP contribution >= 0.6 is 0 Å². The number of phenols is 1. The van der Waals surface area contributed by atoms with Gasteiger partial charge in [-0.2, -0.15) is 0 Å². The lowest BCUT2D eigenvalue weighted by molar-refractivity contribution is -0.140. The van der Waals surface area contributed by atoms with Crippen LogP contribution in [0.2, 0.25) is 0 Å². The van der Waals surface area contributed by atoms with Crippen molar-refractivity contribution in [2.45, 2.75) is 38.5 Å². The van der Waals surface area contributed by atoms with Crippen molar-refractivity contribution < 1.29 is 14.6 Å². The summed E-state index contributed by atoms with van der Waals surface area (Å²) in [6, 6.07) is 17.7. The van der Waals surface area contributed by atoms with Gasteiger partial charge in [-0.25, -0.2) is 0 Å². The van der Waals surface area contributed by atoms with E-state index in [9.17, 15) is 9.90 Å². The van der Waals surface area contributed by atoms with Crippen LogP contribution in [0.1, 0.15) is 49.7 Å². The molecule has 2 aromatic rings. The summed E-state index contributed by atoms with van der Waals surface area (Å²) in [7, 11) is 1.44. The van der Waals surface area contributed by atoms with Gasteiger partial charge >= 0.3 is 5.97 Å². The molecule has 2 aromatic carbocycles. The van der Waals surface area contributed by atoms with Crippen LogP contribution in [0.15, 0.2) is 60.2 Å². The van der Waals surface area contributed by atoms with Crippen molar-refractivity contribution in [3.63, 3.8) is 0 Å². The van der Waals surface area contributed by atoms with Gasteiger partial charge in [0.1, 0.15) is 5.75 Å². The van der Waals surface area contributed by atoms with E-state index in [-0.39, 0.29) is 11.7 Å². The summed E-state index contributed by atoms with van der Waals surface area (Å²) < 4.78 is 4.88. The van der Waals surface area contributed by atoms with Crippen LogP contribution in [0.25, 0.3) is 5.57 Å². The number of aromatic hydroxyl groups is 1. The van der Waals surface area contributed by atoms with Crippen LogP contribution in [-0.4, -0.2) is 18.2 Å². The average molecular weight is 350 g/mol. The summed E-state index contributed by atoms with van der Waals surface area (Å²) in [4.78, 5) is 11.8. The summed E-state index contributed by atoms with van der Waals surface area (Å²) in [5.41, 5.74) is 4.77. The number of carbonyl (C=O) groups is 1. The summed E-state index contributed by atoms with van der Waals surface area (Å²) in [6.07, 6.45) is 5.93. The second-order valence-corrected chi connectivity index (χ2v) is 6.87. The highest BCUT2D eigenvalue weighted by Gasteiger charge is 2.24. The maximum atomic E-state index is 11.8. The van der Waals surface area contributed by atoms with E-state index in [1.165, 1.54) is 43.9 Å². The summed E-state index contributed by atoms with van der Waals surface area (Å²) in [5.74, 6) is 0.598. The van der Waals surface area contributed by atoms with Crippen LogP contribution in [0, 0.1) is 5.92 Å². The predicted molar refractivity (Wildman–Crippen MR) is 104 cm³/mol. The second-order valence-electron chi connectivity index (χ2n) is 6.87. The van der Waals surface area contributed by atoms with E-state index in [0.717, 1.165) is 11.1 Å². The van der Waals surface area contributed by atoms with Gasteiger partial charge in [0.2, 0.25) is 0 Å². The molecule has 1 saturated carbocycles. The molecule has 0 aliphatic heterocycles. The first kappa shape index (κ1) is 18.2. The molecular formula is C23H26O3. The van der Waals surface area contributed by atoms with Crippen molar-refractivity contribution in [1.82, 2.24) is 0 Å². The van der Waals surface area contributed by atoms with Crippen LogP contribution in [-0.2, 0) is 9.53 Å². The third kappa shape index (κ3) is 4.34. The van der Waals surface area contributed by atoms with Crippen molar-refractivity contribution in [1.29, 1.82) is 0 Å². The highest BCUT2D eigenvalue weighted by molar-refractivity contribution is 5.83. The third-order valence-electron chi connectivity index (χ3n) is 5.21. The van der Waals surface area contributed by atoms with E-state index in [0.29, 0.717) is 18.8 Å². The fourth-order valence-electron chi connectivity index (χ4n) is 3.92. The molecule has 0 spiro atoms. The van der Waals surface area contributed by atoms with E-state index in [4.69, 9.17) is 4.74 Å². The number of hydrogen-bond acceptors (Lipinski definition) is 3. The quantitative estimate of drug-likeness (QED) is 0.716. The van der Waals surface area contributed by atoms with Gasteiger partial charge in [-0.15, -0.1) is 0 Å². The fraction of sp³-hybridized carbons (Fsp3) is 0.348. The maximum Gasteiger partial charge on any atom is 0.305 e. The monoisotopic (exact) mass is 350 g/mol. The minimum Gasteiger partial charge on any atom is -0.508 e. The summed E-state index contributed by atoms with van der Waals surface area (Å²) >= 11 is 0. The number of hydrogen-bond donors (Lipinski definition) is 1. The number of esters is 1. The molecule has 0 bridgehead atoms. The largest absolute Gasteiger partial charge is 0.508 e. The minimum absolute atomic E-state index is 0.168. The molecule has 1 N–H and O–H groups in total. The Labute approximate surface area is 155 Å². The van der Waals surface area contributed by atoms with Crippen molar-refractivity contribution in [3.8, 4) is 5.75 Å². The highest BCUT2D eigenvalue weighted by Crippen LogP contribution is 2.40.